The predicted molar refractivity (Wildman–Crippen MR) is 105 cm³/mol. The van der Waals surface area contributed by atoms with Gasteiger partial charge in [-0.05, 0) is 37.1 Å². The largest absolute Gasteiger partial charge is 0.489 e. The number of hydrogen-bond acceptors (Lipinski definition) is 3. The van der Waals surface area contributed by atoms with Crippen molar-refractivity contribution in [3.05, 3.63) is 77.0 Å². The minimum Gasteiger partial charge on any atom is -0.489 e. The molecular formula is C22H23N3O2. The van der Waals surface area contributed by atoms with Crippen LogP contribution in [0.5, 0.6) is 5.75 Å². The molecule has 0 radical (unpaired) electrons. The number of aryl methyl sites for hydroxylation is 1. The van der Waals surface area contributed by atoms with Crippen LogP contribution in [0.15, 0.2) is 54.6 Å². The number of benzene rings is 2. The molecule has 2 heterocycles. The van der Waals surface area contributed by atoms with Crippen LogP contribution < -0.4 is 10.1 Å². The topological polar surface area (TPSA) is 56.2 Å². The maximum atomic E-state index is 12.2. The first-order valence-corrected chi connectivity index (χ1v) is 9.29. The molecule has 5 heteroatoms. The van der Waals surface area contributed by atoms with Gasteiger partial charge in [0, 0.05) is 30.1 Å². The van der Waals surface area contributed by atoms with Crippen LogP contribution >= 0.6 is 0 Å². The fraction of sp³-hybridized carbons (Fsp3) is 0.273. The smallest absolute Gasteiger partial charge is 0.226 e. The van der Waals surface area contributed by atoms with Gasteiger partial charge in [0.05, 0.1) is 0 Å². The highest BCUT2D eigenvalue weighted by Gasteiger charge is 2.31. The van der Waals surface area contributed by atoms with Crippen molar-refractivity contribution in [3.8, 4) is 5.75 Å². The minimum absolute atomic E-state index is 0.00357. The van der Waals surface area contributed by atoms with Crippen LogP contribution in [0, 0.1) is 6.92 Å². The number of anilines is 1. The number of aromatic nitrogens is 2. The molecule has 27 heavy (non-hydrogen) atoms. The molecule has 0 aliphatic carbocycles. The van der Waals surface area contributed by atoms with Crippen LogP contribution in [0.2, 0.25) is 0 Å². The van der Waals surface area contributed by atoms with E-state index in [9.17, 15) is 4.79 Å². The SMILES string of the molecule is CCn1nc2c(c1C)C(c1cccc(OCc3ccccc3)c1)CC(=O)N2. The second-order valence-electron chi connectivity index (χ2n) is 6.82. The van der Waals surface area contributed by atoms with Crippen molar-refractivity contribution in [2.24, 2.45) is 0 Å². The highest BCUT2D eigenvalue weighted by molar-refractivity contribution is 5.94. The summed E-state index contributed by atoms with van der Waals surface area (Å²) in [7, 11) is 0. The fourth-order valence-corrected chi connectivity index (χ4v) is 3.69. The number of carbonyl (C=O) groups is 1. The molecule has 1 aliphatic rings. The maximum absolute atomic E-state index is 12.2. The highest BCUT2D eigenvalue weighted by Crippen LogP contribution is 2.39. The number of ether oxygens (including phenoxy) is 1. The van der Waals surface area contributed by atoms with E-state index in [-0.39, 0.29) is 11.8 Å². The maximum Gasteiger partial charge on any atom is 0.226 e. The monoisotopic (exact) mass is 361 g/mol. The van der Waals surface area contributed by atoms with Crippen LogP contribution in [0.4, 0.5) is 5.82 Å². The Kier molecular flexibility index (Phi) is 4.67. The number of amides is 1. The van der Waals surface area contributed by atoms with E-state index < -0.39 is 0 Å². The van der Waals surface area contributed by atoms with Gasteiger partial charge in [-0.3, -0.25) is 9.48 Å². The molecule has 0 spiro atoms. The summed E-state index contributed by atoms with van der Waals surface area (Å²) in [5.74, 6) is 1.49. The molecule has 1 amide bonds. The summed E-state index contributed by atoms with van der Waals surface area (Å²) >= 11 is 0. The molecule has 0 saturated carbocycles. The van der Waals surface area contributed by atoms with Gasteiger partial charge in [-0.2, -0.15) is 5.10 Å². The van der Waals surface area contributed by atoms with Gasteiger partial charge in [-0.15, -0.1) is 0 Å². The van der Waals surface area contributed by atoms with Crippen LogP contribution in [0.25, 0.3) is 0 Å². The minimum atomic E-state index is -0.00525. The zero-order valence-corrected chi connectivity index (χ0v) is 15.6. The molecular weight excluding hydrogens is 338 g/mol. The van der Waals surface area contributed by atoms with Crippen LogP contribution in [0.3, 0.4) is 0 Å². The van der Waals surface area contributed by atoms with E-state index in [0.717, 1.165) is 34.7 Å². The highest BCUT2D eigenvalue weighted by atomic mass is 16.5. The lowest BCUT2D eigenvalue weighted by molar-refractivity contribution is -0.116. The zero-order chi connectivity index (χ0) is 18.8. The van der Waals surface area contributed by atoms with E-state index in [2.05, 4.69) is 30.3 Å². The van der Waals surface area contributed by atoms with E-state index >= 15 is 0 Å². The third kappa shape index (κ3) is 3.45. The molecule has 1 unspecified atom stereocenters. The summed E-state index contributed by atoms with van der Waals surface area (Å²) in [4.78, 5) is 12.2. The average Bonchev–Trinajstić information content (AvgIpc) is 3.02. The summed E-state index contributed by atoms with van der Waals surface area (Å²) in [5, 5.41) is 7.46. The van der Waals surface area contributed by atoms with Crippen molar-refractivity contribution in [1.82, 2.24) is 9.78 Å². The van der Waals surface area contributed by atoms with E-state index in [1.807, 2.05) is 53.2 Å². The molecule has 3 aromatic rings. The summed E-state index contributed by atoms with van der Waals surface area (Å²) in [6, 6.07) is 18.1. The summed E-state index contributed by atoms with van der Waals surface area (Å²) in [6.45, 7) is 5.42. The van der Waals surface area contributed by atoms with Crippen molar-refractivity contribution in [3.63, 3.8) is 0 Å². The Labute approximate surface area is 159 Å². The molecule has 2 aromatic carbocycles. The van der Waals surface area contributed by atoms with E-state index in [0.29, 0.717) is 18.8 Å². The zero-order valence-electron chi connectivity index (χ0n) is 15.6. The molecule has 1 aromatic heterocycles. The van der Waals surface area contributed by atoms with Gasteiger partial charge in [0.2, 0.25) is 5.91 Å². The molecule has 0 saturated heterocycles. The van der Waals surface area contributed by atoms with Crippen molar-refractivity contribution in [2.75, 3.05) is 5.32 Å². The van der Waals surface area contributed by atoms with E-state index in [1.165, 1.54) is 0 Å². The molecule has 0 fully saturated rings. The number of hydrogen-bond donors (Lipinski definition) is 1. The van der Waals surface area contributed by atoms with Crippen LogP contribution in [0.1, 0.15) is 41.6 Å². The van der Waals surface area contributed by atoms with Crippen LogP contribution in [-0.4, -0.2) is 15.7 Å². The Hall–Kier alpha value is -3.08. The molecule has 1 atom stereocenters. The average molecular weight is 361 g/mol. The lowest BCUT2D eigenvalue weighted by Crippen LogP contribution is -2.23. The lowest BCUT2D eigenvalue weighted by Gasteiger charge is -2.23. The number of nitrogens with one attached hydrogen (secondary N) is 1. The predicted octanol–water partition coefficient (Wildman–Crippen LogP) is 4.26. The summed E-state index contributed by atoms with van der Waals surface area (Å²) in [5.41, 5.74) is 4.42. The Morgan fingerprint density at radius 1 is 1.19 bits per heavy atom. The van der Waals surface area contributed by atoms with Crippen molar-refractivity contribution in [1.29, 1.82) is 0 Å². The van der Waals surface area contributed by atoms with Gasteiger partial charge >= 0.3 is 0 Å². The number of rotatable bonds is 5. The Balaban J connectivity index is 1.62. The van der Waals surface area contributed by atoms with Crippen LogP contribution in [-0.2, 0) is 17.9 Å². The molecule has 138 valence electrons. The van der Waals surface area contributed by atoms with E-state index in [4.69, 9.17) is 4.74 Å². The first-order valence-electron chi connectivity index (χ1n) is 9.29. The summed E-state index contributed by atoms with van der Waals surface area (Å²) < 4.78 is 7.92. The molecule has 1 N–H and O–H groups in total. The lowest BCUT2D eigenvalue weighted by atomic mass is 9.86. The Bertz CT molecular complexity index is 963. The van der Waals surface area contributed by atoms with E-state index in [1.54, 1.807) is 0 Å². The first kappa shape index (κ1) is 17.3. The third-order valence-electron chi connectivity index (χ3n) is 5.06. The number of fused-ring (bicyclic) bond motifs is 1. The fourth-order valence-electron chi connectivity index (χ4n) is 3.69. The second-order valence-corrected chi connectivity index (χ2v) is 6.82. The molecule has 5 nitrogen and oxygen atoms in total. The third-order valence-corrected chi connectivity index (χ3v) is 5.06. The first-order chi connectivity index (χ1) is 13.2. The summed E-state index contributed by atoms with van der Waals surface area (Å²) in [6.07, 6.45) is 0.422. The Morgan fingerprint density at radius 2 is 2.00 bits per heavy atom. The number of nitrogens with zero attached hydrogens (tertiary/aromatic N) is 2. The normalized spacial score (nSPS) is 15.9. The molecule has 1 aliphatic heterocycles. The van der Waals surface area contributed by atoms with Gasteiger partial charge in [0.1, 0.15) is 12.4 Å². The van der Waals surface area contributed by atoms with Gasteiger partial charge in [0.25, 0.3) is 0 Å². The quantitative estimate of drug-likeness (QED) is 0.738. The van der Waals surface area contributed by atoms with Gasteiger partial charge < -0.3 is 10.1 Å². The van der Waals surface area contributed by atoms with Crippen molar-refractivity contribution < 1.29 is 9.53 Å². The van der Waals surface area contributed by atoms with Gasteiger partial charge in [-0.25, -0.2) is 0 Å². The second kappa shape index (κ2) is 7.27. The molecule has 0 bridgehead atoms. The van der Waals surface area contributed by atoms with Crippen molar-refractivity contribution in [2.45, 2.75) is 39.3 Å². The number of carbonyl (C=O) groups excluding carboxylic acids is 1. The Morgan fingerprint density at radius 3 is 2.78 bits per heavy atom. The standard InChI is InChI=1S/C22H23N3O2/c1-3-25-15(2)21-19(13-20(26)23-22(21)24-25)17-10-7-11-18(12-17)27-14-16-8-5-4-6-9-16/h4-12,19H,3,13-14H2,1-2H3,(H,23,24,26). The van der Waals surface area contributed by atoms with Crippen molar-refractivity contribution >= 4 is 11.7 Å². The van der Waals surface area contributed by atoms with Gasteiger partial charge in [0.15, 0.2) is 5.82 Å². The molecule has 4 rings (SSSR count). The van der Waals surface area contributed by atoms with Gasteiger partial charge in [-0.1, -0.05) is 42.5 Å².